The van der Waals surface area contributed by atoms with Crippen LogP contribution in [0.1, 0.15) is 19.4 Å². The molecule has 0 spiro atoms. The van der Waals surface area contributed by atoms with E-state index in [4.69, 9.17) is 4.74 Å². The molecule has 0 amide bonds. The molecule has 0 N–H and O–H groups in total. The van der Waals surface area contributed by atoms with E-state index in [9.17, 15) is 4.79 Å². The smallest absolute Gasteiger partial charge is 0.152 e. The molecule has 15 heavy (non-hydrogen) atoms. The van der Waals surface area contributed by atoms with Crippen LogP contribution in [0.25, 0.3) is 6.08 Å². The van der Waals surface area contributed by atoms with Gasteiger partial charge < -0.3 is 4.74 Å². The maximum absolute atomic E-state index is 10.7. The number of hydrogen-bond acceptors (Lipinski definition) is 2. The standard InChI is InChI=1S/C12H13BrO2/c1-3-15-12-7-6-10(8-11(12)13)5-4-9(2)14/h4-8H,3H2,1-2H3/b5-4+. The highest BCUT2D eigenvalue weighted by molar-refractivity contribution is 9.10. The van der Waals surface area contributed by atoms with Crippen molar-refractivity contribution in [2.75, 3.05) is 6.61 Å². The van der Waals surface area contributed by atoms with E-state index in [1.807, 2.05) is 25.1 Å². The maximum atomic E-state index is 10.7. The fraction of sp³-hybridized carbons (Fsp3) is 0.250. The summed E-state index contributed by atoms with van der Waals surface area (Å²) in [6, 6.07) is 5.72. The minimum absolute atomic E-state index is 0.0417. The highest BCUT2D eigenvalue weighted by atomic mass is 79.9. The fourth-order valence-electron chi connectivity index (χ4n) is 1.11. The molecule has 0 saturated carbocycles. The van der Waals surface area contributed by atoms with Gasteiger partial charge >= 0.3 is 0 Å². The van der Waals surface area contributed by atoms with E-state index in [2.05, 4.69) is 15.9 Å². The summed E-state index contributed by atoms with van der Waals surface area (Å²) in [5.41, 5.74) is 0.973. The minimum atomic E-state index is 0.0417. The summed E-state index contributed by atoms with van der Waals surface area (Å²) in [6.07, 6.45) is 3.32. The van der Waals surface area contributed by atoms with Crippen LogP contribution in [0, 0.1) is 0 Å². The van der Waals surface area contributed by atoms with Gasteiger partial charge in [-0.25, -0.2) is 0 Å². The summed E-state index contributed by atoms with van der Waals surface area (Å²) in [4.78, 5) is 10.7. The summed E-state index contributed by atoms with van der Waals surface area (Å²) < 4.78 is 6.28. The van der Waals surface area contributed by atoms with Crippen molar-refractivity contribution in [3.8, 4) is 5.75 Å². The molecule has 0 bridgehead atoms. The van der Waals surface area contributed by atoms with Crippen LogP contribution in [-0.4, -0.2) is 12.4 Å². The molecule has 0 aliphatic carbocycles. The zero-order valence-electron chi connectivity index (χ0n) is 8.79. The number of benzene rings is 1. The molecule has 1 aromatic rings. The molecule has 0 radical (unpaired) electrons. The molecule has 0 fully saturated rings. The predicted octanol–water partition coefficient (Wildman–Crippen LogP) is 3.45. The van der Waals surface area contributed by atoms with Crippen LogP contribution in [0.4, 0.5) is 0 Å². The summed E-state index contributed by atoms with van der Waals surface area (Å²) in [5, 5.41) is 0. The van der Waals surface area contributed by atoms with Crippen molar-refractivity contribution in [1.82, 2.24) is 0 Å². The monoisotopic (exact) mass is 268 g/mol. The fourth-order valence-corrected chi connectivity index (χ4v) is 1.62. The van der Waals surface area contributed by atoms with E-state index in [0.717, 1.165) is 15.8 Å². The minimum Gasteiger partial charge on any atom is -0.493 e. The quantitative estimate of drug-likeness (QED) is 0.782. The topological polar surface area (TPSA) is 26.3 Å². The first-order chi connectivity index (χ1) is 7.13. The van der Waals surface area contributed by atoms with E-state index >= 15 is 0 Å². The highest BCUT2D eigenvalue weighted by Crippen LogP contribution is 2.26. The van der Waals surface area contributed by atoms with Crippen LogP contribution in [0.5, 0.6) is 5.75 Å². The lowest BCUT2D eigenvalue weighted by molar-refractivity contribution is -0.112. The number of rotatable bonds is 4. The Morgan fingerprint density at radius 1 is 1.53 bits per heavy atom. The van der Waals surface area contributed by atoms with Gasteiger partial charge in [-0.15, -0.1) is 0 Å². The summed E-state index contributed by atoms with van der Waals surface area (Å²) in [6.45, 7) is 4.11. The predicted molar refractivity (Wildman–Crippen MR) is 65.0 cm³/mol. The second kappa shape index (κ2) is 5.71. The molecule has 0 aliphatic rings. The SMILES string of the molecule is CCOc1ccc(/C=C/C(C)=O)cc1Br. The lowest BCUT2D eigenvalue weighted by Crippen LogP contribution is -1.92. The molecule has 0 atom stereocenters. The molecular weight excluding hydrogens is 256 g/mol. The van der Waals surface area contributed by atoms with Crippen molar-refractivity contribution in [1.29, 1.82) is 0 Å². The van der Waals surface area contributed by atoms with Crippen LogP contribution in [0.2, 0.25) is 0 Å². The van der Waals surface area contributed by atoms with Crippen molar-refractivity contribution in [2.45, 2.75) is 13.8 Å². The maximum Gasteiger partial charge on any atom is 0.152 e. The number of ether oxygens (including phenoxy) is 1. The molecule has 3 heteroatoms. The van der Waals surface area contributed by atoms with E-state index in [-0.39, 0.29) is 5.78 Å². The van der Waals surface area contributed by atoms with E-state index in [0.29, 0.717) is 6.61 Å². The second-order valence-corrected chi connectivity index (χ2v) is 3.92. The number of carbonyl (C=O) groups excluding carboxylic acids is 1. The summed E-state index contributed by atoms with van der Waals surface area (Å²) in [5.74, 6) is 0.859. The molecule has 2 nitrogen and oxygen atoms in total. The van der Waals surface area contributed by atoms with E-state index in [1.54, 1.807) is 12.2 Å². The average Bonchev–Trinajstić information content (AvgIpc) is 2.19. The van der Waals surface area contributed by atoms with Crippen molar-refractivity contribution in [3.63, 3.8) is 0 Å². The van der Waals surface area contributed by atoms with Crippen molar-refractivity contribution < 1.29 is 9.53 Å². The molecule has 0 aromatic heterocycles. The van der Waals surface area contributed by atoms with Crippen molar-refractivity contribution in [3.05, 3.63) is 34.3 Å². The van der Waals surface area contributed by atoms with Crippen molar-refractivity contribution >= 4 is 27.8 Å². The van der Waals surface area contributed by atoms with Crippen LogP contribution in [0.3, 0.4) is 0 Å². The van der Waals surface area contributed by atoms with Gasteiger partial charge in [-0.3, -0.25) is 4.79 Å². The number of allylic oxidation sites excluding steroid dienone is 1. The summed E-state index contributed by atoms with van der Waals surface area (Å²) in [7, 11) is 0. The Kier molecular flexibility index (Phi) is 4.56. The van der Waals surface area contributed by atoms with Gasteiger partial charge in [0.15, 0.2) is 5.78 Å². The molecular formula is C12H13BrO2. The van der Waals surface area contributed by atoms with Crippen LogP contribution >= 0.6 is 15.9 Å². The van der Waals surface area contributed by atoms with Gasteiger partial charge in [-0.2, -0.15) is 0 Å². The lowest BCUT2D eigenvalue weighted by Gasteiger charge is -2.05. The van der Waals surface area contributed by atoms with Gasteiger partial charge in [0.1, 0.15) is 5.75 Å². The van der Waals surface area contributed by atoms with Gasteiger partial charge in [-0.05, 0) is 53.5 Å². The molecule has 0 saturated heterocycles. The Morgan fingerprint density at radius 3 is 2.80 bits per heavy atom. The largest absolute Gasteiger partial charge is 0.493 e. The van der Waals surface area contributed by atoms with Crippen LogP contribution < -0.4 is 4.74 Å². The molecule has 1 aromatic carbocycles. The third kappa shape index (κ3) is 3.88. The number of hydrogen-bond donors (Lipinski definition) is 0. The average molecular weight is 269 g/mol. The Hall–Kier alpha value is -1.09. The Morgan fingerprint density at radius 2 is 2.27 bits per heavy atom. The molecule has 80 valence electrons. The van der Waals surface area contributed by atoms with E-state index < -0.39 is 0 Å². The zero-order chi connectivity index (χ0) is 11.3. The summed E-state index contributed by atoms with van der Waals surface area (Å²) >= 11 is 3.41. The Labute approximate surface area is 98.1 Å². The van der Waals surface area contributed by atoms with Gasteiger partial charge in [-0.1, -0.05) is 12.1 Å². The second-order valence-electron chi connectivity index (χ2n) is 3.07. The van der Waals surface area contributed by atoms with Crippen molar-refractivity contribution in [2.24, 2.45) is 0 Å². The molecule has 0 aliphatic heterocycles. The Balaban J connectivity index is 2.86. The first-order valence-electron chi connectivity index (χ1n) is 4.74. The molecule has 0 heterocycles. The normalized spacial score (nSPS) is 10.6. The molecule has 1 rings (SSSR count). The first-order valence-corrected chi connectivity index (χ1v) is 5.53. The molecule has 0 unspecified atom stereocenters. The lowest BCUT2D eigenvalue weighted by atomic mass is 10.2. The van der Waals surface area contributed by atoms with Gasteiger partial charge in [0.25, 0.3) is 0 Å². The number of ketones is 1. The van der Waals surface area contributed by atoms with Gasteiger partial charge in [0, 0.05) is 0 Å². The van der Waals surface area contributed by atoms with Gasteiger partial charge in [0.05, 0.1) is 11.1 Å². The zero-order valence-corrected chi connectivity index (χ0v) is 10.4. The first kappa shape index (κ1) is 12.0. The Bertz CT molecular complexity index is 383. The number of halogens is 1. The van der Waals surface area contributed by atoms with Gasteiger partial charge in [0.2, 0.25) is 0 Å². The third-order valence-corrected chi connectivity index (χ3v) is 2.39. The number of carbonyl (C=O) groups is 1. The van der Waals surface area contributed by atoms with Crippen LogP contribution in [-0.2, 0) is 4.79 Å². The van der Waals surface area contributed by atoms with E-state index in [1.165, 1.54) is 6.92 Å². The van der Waals surface area contributed by atoms with Crippen LogP contribution in [0.15, 0.2) is 28.7 Å². The third-order valence-electron chi connectivity index (χ3n) is 1.77. The highest BCUT2D eigenvalue weighted by Gasteiger charge is 2.00.